The minimum Gasteiger partial charge on any atom is -0.351 e. The van der Waals surface area contributed by atoms with E-state index >= 15 is 0 Å². The molecule has 1 fully saturated rings. The van der Waals surface area contributed by atoms with Gasteiger partial charge in [0.1, 0.15) is 0 Å². The molecule has 3 heterocycles. The minimum absolute atomic E-state index is 0.0318. The van der Waals surface area contributed by atoms with E-state index in [0.717, 1.165) is 30.0 Å². The van der Waals surface area contributed by atoms with Gasteiger partial charge >= 0.3 is 0 Å². The number of amides is 1. The lowest BCUT2D eigenvalue weighted by atomic mass is 10.0. The molecule has 0 saturated carbocycles. The van der Waals surface area contributed by atoms with Crippen LogP contribution in [-0.4, -0.2) is 44.9 Å². The topological polar surface area (TPSA) is 66.5 Å². The van der Waals surface area contributed by atoms with E-state index in [9.17, 15) is 13.2 Å². The predicted molar refractivity (Wildman–Crippen MR) is 112 cm³/mol. The van der Waals surface area contributed by atoms with Gasteiger partial charge in [-0.2, -0.15) is 0 Å². The number of sulfone groups is 1. The van der Waals surface area contributed by atoms with E-state index in [0.29, 0.717) is 27.9 Å². The van der Waals surface area contributed by atoms with Crippen molar-refractivity contribution in [3.8, 4) is 10.4 Å². The Hall–Kier alpha value is -1.70. The molecule has 2 aliphatic rings. The van der Waals surface area contributed by atoms with Crippen LogP contribution in [0.5, 0.6) is 0 Å². The molecule has 0 aliphatic carbocycles. The number of carbonyl (C=O) groups excluding carboxylic acids is 1. The summed E-state index contributed by atoms with van der Waals surface area (Å²) in [6.07, 6.45) is 4.77. The van der Waals surface area contributed by atoms with E-state index in [1.807, 2.05) is 12.1 Å². The molecule has 1 atom stereocenters. The normalized spacial score (nSPS) is 21.0. The average Bonchev–Trinajstić information content (AvgIpc) is 3.10. The zero-order valence-corrected chi connectivity index (χ0v) is 17.7. The first-order chi connectivity index (χ1) is 13.5. The molecule has 1 N–H and O–H groups in total. The van der Waals surface area contributed by atoms with Gasteiger partial charge in [0.25, 0.3) is 5.91 Å². The number of fused-ring (bicyclic) bond motifs is 3. The molecule has 1 saturated heterocycles. The summed E-state index contributed by atoms with van der Waals surface area (Å²) >= 11 is 1.39. The molecule has 2 aliphatic heterocycles. The fraction of sp³-hybridized carbons (Fsp3) is 0.476. The lowest BCUT2D eigenvalue weighted by Crippen LogP contribution is -2.39. The third kappa shape index (κ3) is 3.88. The van der Waals surface area contributed by atoms with E-state index < -0.39 is 9.84 Å². The van der Waals surface area contributed by atoms with Crippen LogP contribution in [0.2, 0.25) is 0 Å². The molecule has 150 valence electrons. The smallest absolute Gasteiger partial charge is 0.261 e. The molecule has 4 rings (SSSR count). The van der Waals surface area contributed by atoms with E-state index in [1.165, 1.54) is 30.6 Å². The Balaban J connectivity index is 1.40. The van der Waals surface area contributed by atoms with Crippen LogP contribution in [-0.2, 0) is 15.6 Å². The molecule has 1 aromatic carbocycles. The maximum atomic E-state index is 12.6. The first-order valence-electron chi connectivity index (χ1n) is 9.93. The molecule has 0 radical (unpaired) electrons. The van der Waals surface area contributed by atoms with Crippen LogP contribution in [0.4, 0.5) is 0 Å². The van der Waals surface area contributed by atoms with Gasteiger partial charge in [0, 0.05) is 29.6 Å². The standard InChI is InChI=1S/C21H26N2O3S2/c1-15-7-4-5-11-23(15)12-6-10-22-21(24)18-13-16-14-28(25,26)19-9-3-2-8-17(19)20(16)27-18/h2-3,8-9,13,15H,4-7,10-12,14H2,1H3,(H,22,24)/t15-/m1/s1. The van der Waals surface area contributed by atoms with E-state index in [-0.39, 0.29) is 11.7 Å². The van der Waals surface area contributed by atoms with Gasteiger partial charge < -0.3 is 10.2 Å². The summed E-state index contributed by atoms with van der Waals surface area (Å²) in [7, 11) is -3.34. The van der Waals surface area contributed by atoms with Crippen LogP contribution in [0.3, 0.4) is 0 Å². The largest absolute Gasteiger partial charge is 0.351 e. The van der Waals surface area contributed by atoms with Crippen LogP contribution in [0, 0.1) is 0 Å². The number of thiophene rings is 1. The highest BCUT2D eigenvalue weighted by molar-refractivity contribution is 7.91. The summed E-state index contributed by atoms with van der Waals surface area (Å²) in [5.41, 5.74) is 1.45. The second kappa shape index (κ2) is 7.97. The van der Waals surface area contributed by atoms with Gasteiger partial charge in [-0.1, -0.05) is 24.6 Å². The second-order valence-corrected chi connectivity index (χ2v) is 10.7. The number of piperidine rings is 1. The summed E-state index contributed by atoms with van der Waals surface area (Å²) < 4.78 is 25.0. The van der Waals surface area contributed by atoms with Gasteiger partial charge in [0.2, 0.25) is 0 Å². The van der Waals surface area contributed by atoms with Crippen LogP contribution in [0.25, 0.3) is 10.4 Å². The fourth-order valence-electron chi connectivity index (χ4n) is 4.14. The molecule has 5 nitrogen and oxygen atoms in total. The number of hydrogen-bond donors (Lipinski definition) is 1. The molecule has 28 heavy (non-hydrogen) atoms. The van der Waals surface area contributed by atoms with Crippen LogP contribution >= 0.6 is 11.3 Å². The summed E-state index contributed by atoms with van der Waals surface area (Å²) in [5.74, 6) is -0.142. The monoisotopic (exact) mass is 418 g/mol. The summed E-state index contributed by atoms with van der Waals surface area (Å²) in [4.78, 5) is 16.9. The van der Waals surface area contributed by atoms with E-state index in [2.05, 4.69) is 17.1 Å². The van der Waals surface area contributed by atoms with Gasteiger partial charge in [0.05, 0.1) is 15.5 Å². The van der Waals surface area contributed by atoms with Gasteiger partial charge in [0.15, 0.2) is 9.84 Å². The molecule has 1 aromatic heterocycles. The first-order valence-corrected chi connectivity index (χ1v) is 12.4. The summed E-state index contributed by atoms with van der Waals surface area (Å²) in [5, 5.41) is 3.00. The number of nitrogens with one attached hydrogen (secondary N) is 1. The molecule has 1 amide bonds. The third-order valence-corrected chi connectivity index (χ3v) is 8.62. The average molecular weight is 419 g/mol. The molecule has 7 heteroatoms. The lowest BCUT2D eigenvalue weighted by molar-refractivity contribution is 0.0953. The Morgan fingerprint density at radius 3 is 2.93 bits per heavy atom. The number of rotatable bonds is 5. The van der Waals surface area contributed by atoms with Gasteiger partial charge in [-0.05, 0) is 50.4 Å². The molecule has 2 aromatic rings. The van der Waals surface area contributed by atoms with Crippen molar-refractivity contribution >= 4 is 27.1 Å². The molecule has 0 spiro atoms. The Morgan fingerprint density at radius 1 is 1.29 bits per heavy atom. The van der Waals surface area contributed by atoms with Crippen molar-refractivity contribution in [1.29, 1.82) is 0 Å². The Morgan fingerprint density at radius 2 is 2.11 bits per heavy atom. The van der Waals surface area contributed by atoms with Crippen molar-refractivity contribution in [2.24, 2.45) is 0 Å². The molecule has 0 bridgehead atoms. The number of carbonyl (C=O) groups is 1. The van der Waals surface area contributed by atoms with Crippen molar-refractivity contribution < 1.29 is 13.2 Å². The maximum Gasteiger partial charge on any atom is 0.261 e. The second-order valence-electron chi connectivity index (χ2n) is 7.71. The van der Waals surface area contributed by atoms with Gasteiger partial charge in [-0.3, -0.25) is 4.79 Å². The molecule has 0 unspecified atom stereocenters. The Bertz CT molecular complexity index is 981. The van der Waals surface area contributed by atoms with Crippen molar-refractivity contribution in [3.05, 3.63) is 40.8 Å². The minimum atomic E-state index is -3.34. The van der Waals surface area contributed by atoms with Gasteiger partial charge in [-0.15, -0.1) is 11.3 Å². The van der Waals surface area contributed by atoms with Crippen molar-refractivity contribution in [3.63, 3.8) is 0 Å². The van der Waals surface area contributed by atoms with Crippen LogP contribution in [0.15, 0.2) is 35.2 Å². The van der Waals surface area contributed by atoms with Crippen LogP contribution < -0.4 is 5.32 Å². The SMILES string of the molecule is C[C@@H]1CCCCN1CCCNC(=O)c1cc2c(s1)-c1ccccc1S(=O)(=O)C2. The Labute approximate surface area is 170 Å². The molecular formula is C21H26N2O3S2. The summed E-state index contributed by atoms with van der Waals surface area (Å²) in [6.45, 7) is 5.08. The number of likely N-dealkylation sites (tertiary alicyclic amines) is 1. The highest BCUT2D eigenvalue weighted by Gasteiger charge is 2.30. The van der Waals surface area contributed by atoms with Gasteiger partial charge in [-0.25, -0.2) is 8.42 Å². The first kappa shape index (κ1) is 19.6. The van der Waals surface area contributed by atoms with Crippen molar-refractivity contribution in [2.45, 2.75) is 49.3 Å². The van der Waals surface area contributed by atoms with Crippen molar-refractivity contribution in [2.75, 3.05) is 19.6 Å². The Kier molecular flexibility index (Phi) is 5.58. The fourth-order valence-corrected chi connectivity index (χ4v) is 7.02. The zero-order chi connectivity index (χ0) is 19.7. The maximum absolute atomic E-state index is 12.6. The predicted octanol–water partition coefficient (Wildman–Crippen LogP) is 3.70. The van der Waals surface area contributed by atoms with E-state index in [4.69, 9.17) is 0 Å². The van der Waals surface area contributed by atoms with Crippen molar-refractivity contribution in [1.82, 2.24) is 10.2 Å². The number of hydrogen-bond acceptors (Lipinski definition) is 5. The number of nitrogens with zero attached hydrogens (tertiary/aromatic N) is 1. The van der Waals surface area contributed by atoms with E-state index in [1.54, 1.807) is 18.2 Å². The lowest BCUT2D eigenvalue weighted by Gasteiger charge is -2.33. The molecular weight excluding hydrogens is 392 g/mol. The highest BCUT2D eigenvalue weighted by atomic mass is 32.2. The van der Waals surface area contributed by atoms with Crippen LogP contribution in [0.1, 0.15) is 47.8 Å². The third-order valence-electron chi connectivity index (χ3n) is 5.69. The zero-order valence-electron chi connectivity index (χ0n) is 16.1. The number of benzene rings is 1. The highest BCUT2D eigenvalue weighted by Crippen LogP contribution is 2.42. The quantitative estimate of drug-likeness (QED) is 0.752. The summed E-state index contributed by atoms with van der Waals surface area (Å²) in [6, 6.07) is 9.43.